The van der Waals surface area contributed by atoms with Gasteiger partial charge in [0.15, 0.2) is 0 Å². The van der Waals surface area contributed by atoms with Crippen molar-refractivity contribution in [3.05, 3.63) is 28.7 Å². The summed E-state index contributed by atoms with van der Waals surface area (Å²) in [4.78, 5) is 23.6. The first-order valence-electron chi connectivity index (χ1n) is 5.97. The van der Waals surface area contributed by atoms with Gasteiger partial charge < -0.3 is 11.1 Å². The van der Waals surface area contributed by atoms with Crippen molar-refractivity contribution in [2.75, 3.05) is 5.32 Å². The van der Waals surface area contributed by atoms with Crippen molar-refractivity contribution >= 4 is 22.6 Å². The van der Waals surface area contributed by atoms with E-state index in [2.05, 4.69) is 5.32 Å². The molecule has 1 amide bonds. The molecular weight excluding hydrogens is 244 g/mol. The molecule has 0 unspecified atom stereocenters. The summed E-state index contributed by atoms with van der Waals surface area (Å²) in [6, 6.07) is 5.32. The number of anilines is 1. The summed E-state index contributed by atoms with van der Waals surface area (Å²) in [5.41, 5.74) is 6.88. The number of hydrogen-bond acceptors (Lipinski definition) is 3. The van der Waals surface area contributed by atoms with E-state index < -0.39 is 5.54 Å². The summed E-state index contributed by atoms with van der Waals surface area (Å²) in [7, 11) is 3.41. The lowest BCUT2D eigenvalue weighted by molar-refractivity contribution is -0.120. The lowest BCUT2D eigenvalue weighted by Crippen LogP contribution is -2.45. The molecule has 1 aromatic carbocycles. The van der Waals surface area contributed by atoms with Crippen LogP contribution in [0.15, 0.2) is 23.0 Å². The molecule has 0 atom stereocenters. The molecule has 0 saturated heterocycles. The van der Waals surface area contributed by atoms with E-state index in [9.17, 15) is 9.59 Å². The summed E-state index contributed by atoms with van der Waals surface area (Å²) in [5, 5.41) is 2.74. The minimum Gasteiger partial charge on any atom is -0.324 e. The van der Waals surface area contributed by atoms with Crippen molar-refractivity contribution in [1.82, 2.24) is 9.13 Å². The summed E-state index contributed by atoms with van der Waals surface area (Å²) in [6.07, 6.45) is 0. The Labute approximate surface area is 110 Å². The molecule has 0 aliphatic rings. The van der Waals surface area contributed by atoms with E-state index in [0.29, 0.717) is 5.69 Å². The quantitative estimate of drug-likeness (QED) is 0.829. The van der Waals surface area contributed by atoms with Crippen LogP contribution in [-0.4, -0.2) is 20.6 Å². The van der Waals surface area contributed by atoms with Crippen LogP contribution in [0.2, 0.25) is 0 Å². The Morgan fingerprint density at radius 2 is 1.79 bits per heavy atom. The van der Waals surface area contributed by atoms with Gasteiger partial charge >= 0.3 is 5.69 Å². The lowest BCUT2D eigenvalue weighted by Gasteiger charge is -2.17. The van der Waals surface area contributed by atoms with Crippen molar-refractivity contribution in [2.45, 2.75) is 19.4 Å². The highest BCUT2D eigenvalue weighted by molar-refractivity contribution is 5.98. The van der Waals surface area contributed by atoms with Gasteiger partial charge in [-0.05, 0) is 32.0 Å². The first kappa shape index (κ1) is 13.4. The van der Waals surface area contributed by atoms with Gasteiger partial charge in [-0.2, -0.15) is 0 Å². The molecule has 2 aromatic rings. The number of carbonyl (C=O) groups excluding carboxylic acids is 1. The van der Waals surface area contributed by atoms with Crippen LogP contribution >= 0.6 is 0 Å². The maximum atomic E-state index is 11.8. The standard InChI is InChI=1S/C13H18N4O2/c1-13(2,14)11(18)15-8-5-6-9-10(7-8)17(4)12(19)16(9)3/h5-7H,14H2,1-4H3,(H,15,18). The number of benzene rings is 1. The lowest BCUT2D eigenvalue weighted by atomic mass is 10.1. The highest BCUT2D eigenvalue weighted by Gasteiger charge is 2.22. The van der Waals surface area contributed by atoms with Gasteiger partial charge in [-0.15, -0.1) is 0 Å². The van der Waals surface area contributed by atoms with E-state index in [1.807, 2.05) is 0 Å². The minimum absolute atomic E-state index is 0.0994. The van der Waals surface area contributed by atoms with E-state index in [0.717, 1.165) is 11.0 Å². The first-order chi connectivity index (χ1) is 8.71. The van der Waals surface area contributed by atoms with Gasteiger partial charge in [-0.3, -0.25) is 13.9 Å². The number of imidazole rings is 1. The number of nitrogens with one attached hydrogen (secondary N) is 1. The molecule has 0 aliphatic carbocycles. The predicted octanol–water partition coefficient (Wildman–Crippen LogP) is 0.553. The largest absolute Gasteiger partial charge is 0.328 e. The van der Waals surface area contributed by atoms with Crippen LogP contribution in [0.4, 0.5) is 5.69 Å². The molecule has 6 heteroatoms. The second-order valence-corrected chi connectivity index (χ2v) is 5.28. The molecule has 2 rings (SSSR count). The zero-order valence-electron chi connectivity index (χ0n) is 11.5. The molecule has 0 spiro atoms. The number of rotatable bonds is 2. The van der Waals surface area contributed by atoms with Gasteiger partial charge in [-0.1, -0.05) is 0 Å². The second kappa shape index (κ2) is 4.24. The Kier molecular flexibility index (Phi) is 2.98. The fraction of sp³-hybridized carbons (Fsp3) is 0.385. The van der Waals surface area contributed by atoms with Crippen molar-refractivity contribution < 1.29 is 4.79 Å². The maximum Gasteiger partial charge on any atom is 0.328 e. The van der Waals surface area contributed by atoms with Gasteiger partial charge in [0.05, 0.1) is 16.6 Å². The Balaban J connectivity index is 2.46. The van der Waals surface area contributed by atoms with Crippen LogP contribution in [0.1, 0.15) is 13.8 Å². The average Bonchev–Trinajstić information content (AvgIpc) is 2.53. The Hall–Kier alpha value is -2.08. The number of aryl methyl sites for hydroxylation is 2. The highest BCUT2D eigenvalue weighted by atomic mass is 16.2. The van der Waals surface area contributed by atoms with Gasteiger partial charge in [-0.25, -0.2) is 4.79 Å². The first-order valence-corrected chi connectivity index (χ1v) is 5.97. The number of nitrogens with two attached hydrogens (primary N) is 1. The Bertz CT molecular complexity index is 704. The highest BCUT2D eigenvalue weighted by Crippen LogP contribution is 2.18. The normalized spacial score (nSPS) is 11.8. The van der Waals surface area contributed by atoms with Crippen LogP contribution in [0, 0.1) is 0 Å². The fourth-order valence-corrected chi connectivity index (χ4v) is 1.88. The van der Waals surface area contributed by atoms with Crippen molar-refractivity contribution in [1.29, 1.82) is 0 Å². The summed E-state index contributed by atoms with van der Waals surface area (Å²) >= 11 is 0. The summed E-state index contributed by atoms with van der Waals surface area (Å²) < 4.78 is 3.10. The van der Waals surface area contributed by atoms with Crippen LogP contribution < -0.4 is 16.7 Å². The SMILES string of the molecule is Cn1c(=O)n(C)c2cc(NC(=O)C(C)(C)N)ccc21. The molecule has 3 N–H and O–H groups in total. The predicted molar refractivity (Wildman–Crippen MR) is 75.1 cm³/mol. The molecule has 1 heterocycles. The average molecular weight is 262 g/mol. The number of nitrogens with zero attached hydrogens (tertiary/aromatic N) is 2. The minimum atomic E-state index is -0.947. The van der Waals surface area contributed by atoms with Crippen molar-refractivity contribution in [3.63, 3.8) is 0 Å². The Morgan fingerprint density at radius 1 is 1.21 bits per heavy atom. The van der Waals surface area contributed by atoms with Gasteiger partial charge in [0.25, 0.3) is 0 Å². The third kappa shape index (κ3) is 2.26. The van der Waals surface area contributed by atoms with E-state index in [4.69, 9.17) is 5.73 Å². The van der Waals surface area contributed by atoms with Gasteiger partial charge in [0.1, 0.15) is 0 Å². The number of aromatic nitrogens is 2. The number of carbonyl (C=O) groups is 1. The smallest absolute Gasteiger partial charge is 0.324 e. The molecule has 0 aliphatic heterocycles. The molecule has 0 bridgehead atoms. The maximum absolute atomic E-state index is 11.8. The summed E-state index contributed by atoms with van der Waals surface area (Å²) in [5.74, 6) is -0.271. The third-order valence-corrected chi connectivity index (χ3v) is 3.12. The molecule has 6 nitrogen and oxygen atoms in total. The zero-order chi connectivity index (χ0) is 14.4. The molecule has 1 aromatic heterocycles. The number of hydrogen-bond donors (Lipinski definition) is 2. The van der Waals surface area contributed by atoms with E-state index in [-0.39, 0.29) is 11.6 Å². The molecule has 19 heavy (non-hydrogen) atoms. The molecule has 0 saturated carbocycles. The molecular formula is C13H18N4O2. The van der Waals surface area contributed by atoms with Gasteiger partial charge in [0.2, 0.25) is 5.91 Å². The molecule has 0 fully saturated rings. The monoisotopic (exact) mass is 262 g/mol. The zero-order valence-corrected chi connectivity index (χ0v) is 11.5. The van der Waals surface area contributed by atoms with Crippen LogP contribution in [0.3, 0.4) is 0 Å². The van der Waals surface area contributed by atoms with Crippen LogP contribution in [0.5, 0.6) is 0 Å². The third-order valence-electron chi connectivity index (χ3n) is 3.12. The van der Waals surface area contributed by atoms with Crippen molar-refractivity contribution in [2.24, 2.45) is 19.8 Å². The molecule has 102 valence electrons. The van der Waals surface area contributed by atoms with E-state index >= 15 is 0 Å². The number of amides is 1. The van der Waals surface area contributed by atoms with Gasteiger partial charge in [0, 0.05) is 19.8 Å². The number of fused-ring (bicyclic) bond motifs is 1. The topological polar surface area (TPSA) is 82.0 Å². The fourth-order valence-electron chi connectivity index (χ4n) is 1.88. The molecule has 0 radical (unpaired) electrons. The van der Waals surface area contributed by atoms with Crippen LogP contribution in [0.25, 0.3) is 11.0 Å². The van der Waals surface area contributed by atoms with E-state index in [1.165, 1.54) is 0 Å². The van der Waals surface area contributed by atoms with E-state index in [1.54, 1.807) is 55.3 Å². The second-order valence-electron chi connectivity index (χ2n) is 5.28. The Morgan fingerprint density at radius 3 is 2.37 bits per heavy atom. The summed E-state index contributed by atoms with van der Waals surface area (Å²) in [6.45, 7) is 3.28. The van der Waals surface area contributed by atoms with Crippen molar-refractivity contribution in [3.8, 4) is 0 Å². The van der Waals surface area contributed by atoms with Crippen LogP contribution in [-0.2, 0) is 18.9 Å².